The highest BCUT2D eigenvalue weighted by Crippen LogP contribution is 2.44. The molecule has 4 rings (SSSR count). The molecule has 3 aliphatic rings. The highest BCUT2D eigenvalue weighted by Gasteiger charge is 2.43. The molecule has 1 N–H and O–H groups in total. The van der Waals surface area contributed by atoms with E-state index >= 15 is 0 Å². The number of piperidine rings is 1. The zero-order valence-corrected chi connectivity index (χ0v) is 14.9. The summed E-state index contributed by atoms with van der Waals surface area (Å²) in [5.41, 5.74) is 3.78. The largest absolute Gasteiger partial charge is 0.337 e. The molecule has 1 saturated heterocycles. The quantitative estimate of drug-likeness (QED) is 0.902. The van der Waals surface area contributed by atoms with Gasteiger partial charge in [0.05, 0.1) is 0 Å². The van der Waals surface area contributed by atoms with E-state index in [0.717, 1.165) is 31.7 Å². The minimum absolute atomic E-state index is 0.115. The van der Waals surface area contributed by atoms with Crippen molar-refractivity contribution in [2.45, 2.75) is 51.0 Å². The van der Waals surface area contributed by atoms with E-state index in [9.17, 15) is 4.79 Å². The maximum atomic E-state index is 13.0. The number of hydrogen-bond acceptors (Lipinski definition) is 2. The average molecular weight is 327 g/mol. The van der Waals surface area contributed by atoms with Crippen LogP contribution in [-0.4, -0.2) is 43.7 Å². The Morgan fingerprint density at radius 2 is 2.04 bits per heavy atom. The van der Waals surface area contributed by atoms with Crippen LogP contribution in [0.4, 0.5) is 10.5 Å². The van der Waals surface area contributed by atoms with Crippen LogP contribution in [0.1, 0.15) is 49.1 Å². The standard InChI is InChI=1S/C20H29N3O/c1-14-7-8-18-16(11-14)17-13-22(2)10-9-19(17)23(18)20(24)21-12-15-5-3-4-6-15/h7-8,11,15,17,19H,3-6,9-10,12-13H2,1-2H3,(H,21,24)/t17-,19+/m1/s1. The molecule has 2 atom stereocenters. The third-order valence-electron chi connectivity index (χ3n) is 6.19. The van der Waals surface area contributed by atoms with Crippen molar-refractivity contribution in [3.63, 3.8) is 0 Å². The Morgan fingerprint density at radius 1 is 1.25 bits per heavy atom. The van der Waals surface area contributed by atoms with Gasteiger partial charge in [-0.2, -0.15) is 0 Å². The topological polar surface area (TPSA) is 35.6 Å². The molecule has 4 heteroatoms. The summed E-state index contributed by atoms with van der Waals surface area (Å²) in [6.07, 6.45) is 6.25. The molecule has 1 aromatic rings. The van der Waals surface area contributed by atoms with Crippen molar-refractivity contribution in [2.24, 2.45) is 5.92 Å². The highest BCUT2D eigenvalue weighted by atomic mass is 16.2. The minimum Gasteiger partial charge on any atom is -0.337 e. The fraction of sp³-hybridized carbons (Fsp3) is 0.650. The molecule has 1 aliphatic carbocycles. The van der Waals surface area contributed by atoms with Crippen molar-refractivity contribution in [1.82, 2.24) is 10.2 Å². The molecule has 2 aliphatic heterocycles. The van der Waals surface area contributed by atoms with E-state index in [1.54, 1.807) is 0 Å². The summed E-state index contributed by atoms with van der Waals surface area (Å²) in [5.74, 6) is 1.14. The number of carbonyl (C=O) groups is 1. The molecule has 0 radical (unpaired) electrons. The lowest BCUT2D eigenvalue weighted by molar-refractivity contribution is 0.218. The first-order valence-electron chi connectivity index (χ1n) is 9.49. The molecule has 0 bridgehead atoms. The van der Waals surface area contributed by atoms with Crippen LogP contribution in [0.5, 0.6) is 0 Å². The summed E-state index contributed by atoms with van der Waals surface area (Å²) in [6.45, 7) is 5.10. The van der Waals surface area contributed by atoms with Crippen LogP contribution in [0.3, 0.4) is 0 Å². The Labute approximate surface area is 145 Å². The van der Waals surface area contributed by atoms with Crippen LogP contribution in [0.2, 0.25) is 0 Å². The van der Waals surface area contributed by atoms with Gasteiger partial charge in [0.25, 0.3) is 0 Å². The summed E-state index contributed by atoms with van der Waals surface area (Å²) < 4.78 is 0. The van der Waals surface area contributed by atoms with Crippen molar-refractivity contribution in [3.8, 4) is 0 Å². The number of amides is 2. The average Bonchev–Trinajstić information content (AvgIpc) is 3.18. The molecule has 2 heterocycles. The smallest absolute Gasteiger partial charge is 0.322 e. The monoisotopic (exact) mass is 327 g/mol. The Hall–Kier alpha value is -1.55. The SMILES string of the molecule is Cc1ccc2c(c1)[C@H]1CN(C)CC[C@@H]1N2C(=O)NCC1CCCC1. The predicted octanol–water partition coefficient (Wildman–Crippen LogP) is 3.50. The van der Waals surface area contributed by atoms with E-state index in [2.05, 4.69) is 47.3 Å². The zero-order chi connectivity index (χ0) is 16.7. The summed E-state index contributed by atoms with van der Waals surface area (Å²) in [4.78, 5) is 17.5. The molecule has 0 spiro atoms. The van der Waals surface area contributed by atoms with Crippen LogP contribution in [-0.2, 0) is 0 Å². The number of fused-ring (bicyclic) bond motifs is 3. The summed E-state index contributed by atoms with van der Waals surface area (Å²) >= 11 is 0. The first kappa shape index (κ1) is 15.9. The van der Waals surface area contributed by atoms with Crippen molar-refractivity contribution >= 4 is 11.7 Å². The van der Waals surface area contributed by atoms with E-state index in [0.29, 0.717) is 17.9 Å². The predicted molar refractivity (Wildman–Crippen MR) is 97.7 cm³/mol. The number of nitrogens with zero attached hydrogens (tertiary/aromatic N) is 2. The fourth-order valence-electron chi connectivity index (χ4n) is 4.88. The minimum atomic E-state index is 0.115. The fourth-order valence-corrected chi connectivity index (χ4v) is 4.88. The first-order chi connectivity index (χ1) is 11.6. The van der Waals surface area contributed by atoms with E-state index < -0.39 is 0 Å². The van der Waals surface area contributed by atoms with Gasteiger partial charge in [0.2, 0.25) is 0 Å². The van der Waals surface area contributed by atoms with Gasteiger partial charge < -0.3 is 10.2 Å². The lowest BCUT2D eigenvalue weighted by Gasteiger charge is -2.36. The van der Waals surface area contributed by atoms with E-state index in [1.807, 2.05) is 0 Å². The van der Waals surface area contributed by atoms with Gasteiger partial charge in [-0.15, -0.1) is 0 Å². The van der Waals surface area contributed by atoms with Crippen LogP contribution in [0.25, 0.3) is 0 Å². The van der Waals surface area contributed by atoms with Crippen LogP contribution >= 0.6 is 0 Å². The Balaban J connectivity index is 1.56. The Morgan fingerprint density at radius 3 is 2.83 bits per heavy atom. The van der Waals surface area contributed by atoms with Crippen LogP contribution in [0, 0.1) is 12.8 Å². The van der Waals surface area contributed by atoms with Gasteiger partial charge in [-0.1, -0.05) is 30.5 Å². The summed E-state index contributed by atoms with van der Waals surface area (Å²) in [6, 6.07) is 7.01. The second-order valence-corrected chi connectivity index (χ2v) is 7.99. The molecular formula is C20H29N3O. The molecular weight excluding hydrogens is 298 g/mol. The third kappa shape index (κ3) is 2.81. The second kappa shape index (κ2) is 6.40. The lowest BCUT2D eigenvalue weighted by atomic mass is 9.89. The van der Waals surface area contributed by atoms with Gasteiger partial charge in [-0.05, 0) is 57.3 Å². The number of nitrogens with one attached hydrogen (secondary N) is 1. The van der Waals surface area contributed by atoms with Crippen molar-refractivity contribution in [3.05, 3.63) is 29.3 Å². The Bertz CT molecular complexity index is 623. The maximum Gasteiger partial charge on any atom is 0.322 e. The number of rotatable bonds is 2. The maximum absolute atomic E-state index is 13.0. The number of anilines is 1. The number of carbonyl (C=O) groups excluding carboxylic acids is 1. The van der Waals surface area contributed by atoms with Gasteiger partial charge in [0.15, 0.2) is 0 Å². The van der Waals surface area contributed by atoms with Gasteiger partial charge in [0, 0.05) is 30.7 Å². The van der Waals surface area contributed by atoms with Gasteiger partial charge >= 0.3 is 6.03 Å². The molecule has 130 valence electrons. The molecule has 0 aromatic heterocycles. The number of hydrogen-bond donors (Lipinski definition) is 1. The highest BCUT2D eigenvalue weighted by molar-refractivity contribution is 5.95. The van der Waals surface area contributed by atoms with Gasteiger partial charge in [0.1, 0.15) is 0 Å². The lowest BCUT2D eigenvalue weighted by Crippen LogP contribution is -2.50. The van der Waals surface area contributed by atoms with E-state index in [4.69, 9.17) is 0 Å². The number of aryl methyl sites for hydroxylation is 1. The van der Waals surface area contributed by atoms with Crippen molar-refractivity contribution < 1.29 is 4.79 Å². The molecule has 2 fully saturated rings. The Kier molecular flexibility index (Phi) is 4.25. The number of urea groups is 1. The third-order valence-corrected chi connectivity index (χ3v) is 6.19. The molecule has 24 heavy (non-hydrogen) atoms. The van der Waals surface area contributed by atoms with Gasteiger partial charge in [-0.25, -0.2) is 4.79 Å². The number of benzene rings is 1. The first-order valence-corrected chi connectivity index (χ1v) is 9.49. The van der Waals surface area contributed by atoms with E-state index in [-0.39, 0.29) is 6.03 Å². The second-order valence-electron chi connectivity index (χ2n) is 7.99. The number of likely N-dealkylation sites (tertiary alicyclic amines) is 1. The summed E-state index contributed by atoms with van der Waals surface area (Å²) in [5, 5.41) is 3.24. The molecule has 4 nitrogen and oxygen atoms in total. The van der Waals surface area contributed by atoms with Crippen molar-refractivity contribution in [2.75, 3.05) is 31.6 Å². The zero-order valence-electron chi connectivity index (χ0n) is 14.9. The molecule has 2 amide bonds. The van der Waals surface area contributed by atoms with E-state index in [1.165, 1.54) is 36.8 Å². The normalized spacial score (nSPS) is 27.2. The van der Waals surface area contributed by atoms with Crippen LogP contribution in [0.15, 0.2) is 18.2 Å². The van der Waals surface area contributed by atoms with Gasteiger partial charge in [-0.3, -0.25) is 4.90 Å². The summed E-state index contributed by atoms with van der Waals surface area (Å²) in [7, 11) is 2.19. The number of likely N-dealkylation sites (N-methyl/N-ethyl adjacent to an activating group) is 1. The molecule has 1 aromatic carbocycles. The van der Waals surface area contributed by atoms with Crippen molar-refractivity contribution in [1.29, 1.82) is 0 Å². The molecule has 1 saturated carbocycles. The van der Waals surface area contributed by atoms with Crippen LogP contribution < -0.4 is 10.2 Å². The molecule has 0 unspecified atom stereocenters.